The summed E-state index contributed by atoms with van der Waals surface area (Å²) in [7, 11) is 1.70. The number of aromatic nitrogens is 2. The Morgan fingerprint density at radius 3 is 2.47 bits per heavy atom. The van der Waals surface area contributed by atoms with Gasteiger partial charge in [-0.15, -0.1) is 0 Å². The molecular formula is C14H18N4O. The van der Waals surface area contributed by atoms with E-state index in [4.69, 9.17) is 5.73 Å². The molecule has 0 atom stereocenters. The molecule has 3 N–H and O–H groups in total. The lowest BCUT2D eigenvalue weighted by molar-refractivity contribution is 0.0952. The van der Waals surface area contributed by atoms with E-state index in [0.717, 1.165) is 12.0 Å². The summed E-state index contributed by atoms with van der Waals surface area (Å²) in [5.74, 6) is 0.170. The Morgan fingerprint density at radius 1 is 1.32 bits per heavy atom. The Labute approximate surface area is 112 Å². The Hall–Kier alpha value is -2.30. The van der Waals surface area contributed by atoms with Gasteiger partial charge in [-0.25, -0.2) is 0 Å². The fourth-order valence-electron chi connectivity index (χ4n) is 1.79. The normalized spacial score (nSPS) is 10.4. The molecule has 0 radical (unpaired) electrons. The molecule has 0 saturated carbocycles. The zero-order chi connectivity index (χ0) is 13.8. The van der Waals surface area contributed by atoms with Gasteiger partial charge in [-0.2, -0.15) is 5.10 Å². The van der Waals surface area contributed by atoms with E-state index in [-0.39, 0.29) is 5.91 Å². The number of anilines is 1. The molecule has 19 heavy (non-hydrogen) atoms. The van der Waals surface area contributed by atoms with Crippen LogP contribution in [0.15, 0.2) is 30.5 Å². The Bertz CT molecular complexity index is 572. The van der Waals surface area contributed by atoms with Crippen LogP contribution in [0, 0.1) is 0 Å². The summed E-state index contributed by atoms with van der Waals surface area (Å²) in [5.41, 5.74) is 8.51. The number of nitrogen functional groups attached to an aromatic ring is 1. The molecule has 0 saturated heterocycles. The second-order valence-electron chi connectivity index (χ2n) is 4.42. The summed E-state index contributed by atoms with van der Waals surface area (Å²) in [4.78, 5) is 11.9. The van der Waals surface area contributed by atoms with E-state index < -0.39 is 0 Å². The van der Waals surface area contributed by atoms with E-state index in [9.17, 15) is 4.79 Å². The van der Waals surface area contributed by atoms with Crippen LogP contribution in [0.1, 0.15) is 28.4 Å². The second-order valence-corrected chi connectivity index (χ2v) is 4.42. The van der Waals surface area contributed by atoms with Crippen molar-refractivity contribution in [3.63, 3.8) is 0 Å². The van der Waals surface area contributed by atoms with Gasteiger partial charge in [-0.1, -0.05) is 31.2 Å². The molecule has 0 bridgehead atoms. The Kier molecular flexibility index (Phi) is 3.85. The molecule has 0 aliphatic carbocycles. The first-order valence-electron chi connectivity index (χ1n) is 6.25. The molecule has 5 nitrogen and oxygen atoms in total. The van der Waals surface area contributed by atoms with Gasteiger partial charge >= 0.3 is 0 Å². The van der Waals surface area contributed by atoms with E-state index in [0.29, 0.717) is 17.9 Å². The van der Waals surface area contributed by atoms with Crippen LogP contribution in [-0.4, -0.2) is 15.7 Å². The number of hydrogen-bond acceptors (Lipinski definition) is 3. The number of nitrogens with two attached hydrogens (primary N) is 1. The number of benzene rings is 1. The van der Waals surface area contributed by atoms with Gasteiger partial charge in [-0.3, -0.25) is 9.48 Å². The van der Waals surface area contributed by atoms with Crippen LogP contribution in [0.3, 0.4) is 0 Å². The largest absolute Gasteiger partial charge is 0.383 e. The number of nitrogens with zero attached hydrogens (tertiary/aromatic N) is 2. The van der Waals surface area contributed by atoms with Gasteiger partial charge in [0.05, 0.1) is 6.20 Å². The first kappa shape index (κ1) is 13.1. The lowest BCUT2D eigenvalue weighted by Crippen LogP contribution is -2.23. The predicted molar refractivity (Wildman–Crippen MR) is 74.6 cm³/mol. The highest BCUT2D eigenvalue weighted by atomic mass is 16.1. The molecule has 0 unspecified atom stereocenters. The maximum Gasteiger partial charge on any atom is 0.256 e. The molecule has 0 fully saturated rings. The summed E-state index contributed by atoms with van der Waals surface area (Å²) >= 11 is 0. The van der Waals surface area contributed by atoms with E-state index in [1.165, 1.54) is 16.4 Å². The summed E-state index contributed by atoms with van der Waals surface area (Å²) in [6.45, 7) is 2.60. The van der Waals surface area contributed by atoms with Gasteiger partial charge in [0.1, 0.15) is 11.4 Å². The molecule has 0 aliphatic heterocycles. The maximum atomic E-state index is 11.9. The third-order valence-electron chi connectivity index (χ3n) is 3.11. The minimum Gasteiger partial charge on any atom is -0.383 e. The van der Waals surface area contributed by atoms with E-state index in [1.807, 2.05) is 12.1 Å². The van der Waals surface area contributed by atoms with Crippen LogP contribution in [0.5, 0.6) is 0 Å². The Morgan fingerprint density at radius 2 is 1.95 bits per heavy atom. The molecule has 1 heterocycles. The quantitative estimate of drug-likeness (QED) is 0.872. The summed E-state index contributed by atoms with van der Waals surface area (Å²) in [5, 5.41) is 6.78. The van der Waals surface area contributed by atoms with Gasteiger partial charge in [0, 0.05) is 13.6 Å². The number of amides is 1. The SMILES string of the molecule is CCc1ccc(CNC(=O)c2cnn(C)c2N)cc1. The molecular weight excluding hydrogens is 240 g/mol. The number of nitrogens with one attached hydrogen (secondary N) is 1. The van der Waals surface area contributed by atoms with Crippen molar-refractivity contribution in [2.24, 2.45) is 7.05 Å². The molecule has 1 aromatic heterocycles. The Balaban J connectivity index is 1.98. The van der Waals surface area contributed by atoms with Crippen LogP contribution in [0.2, 0.25) is 0 Å². The van der Waals surface area contributed by atoms with Crippen molar-refractivity contribution >= 4 is 11.7 Å². The average Bonchev–Trinajstić information content (AvgIpc) is 2.77. The summed E-state index contributed by atoms with van der Waals surface area (Å²) in [6.07, 6.45) is 2.49. The highest BCUT2D eigenvalue weighted by Gasteiger charge is 2.12. The molecule has 1 aromatic carbocycles. The number of rotatable bonds is 4. The minimum absolute atomic E-state index is 0.204. The van der Waals surface area contributed by atoms with Crippen molar-refractivity contribution in [2.45, 2.75) is 19.9 Å². The standard InChI is InChI=1S/C14H18N4O/c1-3-10-4-6-11(7-5-10)8-16-14(19)12-9-17-18(2)13(12)15/h4-7,9H,3,8,15H2,1-2H3,(H,16,19). The molecule has 100 valence electrons. The predicted octanol–water partition coefficient (Wildman–Crippen LogP) is 1.49. The zero-order valence-corrected chi connectivity index (χ0v) is 11.2. The third-order valence-corrected chi connectivity index (χ3v) is 3.11. The van der Waals surface area contributed by atoms with Crippen LogP contribution in [-0.2, 0) is 20.0 Å². The van der Waals surface area contributed by atoms with Crippen LogP contribution >= 0.6 is 0 Å². The van der Waals surface area contributed by atoms with Crippen LogP contribution in [0.4, 0.5) is 5.82 Å². The molecule has 0 aliphatic rings. The van der Waals surface area contributed by atoms with Crippen molar-refractivity contribution in [1.29, 1.82) is 0 Å². The lowest BCUT2D eigenvalue weighted by atomic mass is 10.1. The second kappa shape index (κ2) is 5.56. The molecule has 1 amide bonds. The smallest absolute Gasteiger partial charge is 0.256 e. The lowest BCUT2D eigenvalue weighted by Gasteiger charge is -2.05. The minimum atomic E-state index is -0.204. The van der Waals surface area contributed by atoms with Gasteiger partial charge in [0.2, 0.25) is 0 Å². The highest BCUT2D eigenvalue weighted by molar-refractivity contribution is 5.98. The molecule has 2 aromatic rings. The van der Waals surface area contributed by atoms with Crippen LogP contribution in [0.25, 0.3) is 0 Å². The highest BCUT2D eigenvalue weighted by Crippen LogP contribution is 2.10. The summed E-state index contributed by atoms with van der Waals surface area (Å²) < 4.78 is 1.48. The van der Waals surface area contributed by atoms with Gasteiger partial charge in [0.15, 0.2) is 0 Å². The van der Waals surface area contributed by atoms with E-state index >= 15 is 0 Å². The van der Waals surface area contributed by atoms with Crippen molar-refractivity contribution < 1.29 is 4.79 Å². The molecule has 0 spiro atoms. The van der Waals surface area contributed by atoms with Gasteiger partial charge in [0.25, 0.3) is 5.91 Å². The number of hydrogen-bond donors (Lipinski definition) is 2. The van der Waals surface area contributed by atoms with E-state index in [1.54, 1.807) is 7.05 Å². The fraction of sp³-hybridized carbons (Fsp3) is 0.286. The number of carbonyl (C=O) groups is 1. The first-order valence-corrected chi connectivity index (χ1v) is 6.25. The zero-order valence-electron chi connectivity index (χ0n) is 11.2. The van der Waals surface area contributed by atoms with Crippen molar-refractivity contribution in [3.8, 4) is 0 Å². The third kappa shape index (κ3) is 2.93. The summed E-state index contributed by atoms with van der Waals surface area (Å²) in [6, 6.07) is 8.18. The van der Waals surface area contributed by atoms with Crippen molar-refractivity contribution in [3.05, 3.63) is 47.2 Å². The average molecular weight is 258 g/mol. The number of aryl methyl sites for hydroxylation is 2. The molecule has 5 heteroatoms. The number of carbonyl (C=O) groups excluding carboxylic acids is 1. The monoisotopic (exact) mass is 258 g/mol. The fourth-order valence-corrected chi connectivity index (χ4v) is 1.79. The van der Waals surface area contributed by atoms with Gasteiger partial charge < -0.3 is 11.1 Å². The molecule has 2 rings (SSSR count). The first-order chi connectivity index (χ1) is 9.11. The van der Waals surface area contributed by atoms with Gasteiger partial charge in [-0.05, 0) is 17.5 Å². The van der Waals surface area contributed by atoms with Crippen LogP contribution < -0.4 is 11.1 Å². The van der Waals surface area contributed by atoms with Crippen molar-refractivity contribution in [2.75, 3.05) is 5.73 Å². The van der Waals surface area contributed by atoms with E-state index in [2.05, 4.69) is 29.5 Å². The maximum absolute atomic E-state index is 11.9. The van der Waals surface area contributed by atoms with Crippen molar-refractivity contribution in [1.82, 2.24) is 15.1 Å². The topological polar surface area (TPSA) is 72.9 Å².